The van der Waals surface area contributed by atoms with Crippen molar-refractivity contribution < 1.29 is 0 Å². The van der Waals surface area contributed by atoms with E-state index in [1.807, 2.05) is 18.2 Å². The Balaban J connectivity index is 2.79. The summed E-state index contributed by atoms with van der Waals surface area (Å²) in [6.45, 7) is 0. The van der Waals surface area contributed by atoms with E-state index in [9.17, 15) is 0 Å². The molecule has 1 rings (SSSR count). The molecule has 0 aromatic heterocycles. The largest absolute Gasteiger partial charge is 0.175 e. The molecule has 0 bridgehead atoms. The molecular formula is C9H9BrS. The molecule has 0 nitrogen and oxygen atoms in total. The van der Waals surface area contributed by atoms with E-state index >= 15 is 0 Å². The summed E-state index contributed by atoms with van der Waals surface area (Å²) in [7, 11) is 0. The lowest BCUT2D eigenvalue weighted by atomic mass is 10.2. The van der Waals surface area contributed by atoms with E-state index in [-0.39, 0.29) is 0 Å². The minimum Gasteiger partial charge on any atom is -0.175 e. The molecule has 1 aromatic rings. The van der Waals surface area contributed by atoms with Crippen LogP contribution in [0.3, 0.4) is 0 Å². The van der Waals surface area contributed by atoms with Crippen LogP contribution < -0.4 is 0 Å². The van der Waals surface area contributed by atoms with Crippen LogP contribution in [0.2, 0.25) is 0 Å². The first kappa shape index (κ1) is 8.88. The molecule has 0 spiro atoms. The lowest BCUT2D eigenvalue weighted by molar-refractivity contribution is 1.60. The normalized spacial score (nSPS) is 10.7. The maximum Gasteiger partial charge on any atom is 0.0181 e. The topological polar surface area (TPSA) is 0 Å². The molecule has 1 aromatic carbocycles. The number of hydrogen-bond acceptors (Lipinski definition) is 1. The van der Waals surface area contributed by atoms with Gasteiger partial charge in [-0.05, 0) is 17.7 Å². The predicted molar refractivity (Wildman–Crippen MR) is 57.0 cm³/mol. The summed E-state index contributed by atoms with van der Waals surface area (Å²) >= 11 is 7.48. The molecule has 0 heterocycles. The van der Waals surface area contributed by atoms with Gasteiger partial charge in [-0.15, -0.1) is 0 Å². The van der Waals surface area contributed by atoms with Crippen LogP contribution in [-0.2, 0) is 0 Å². The summed E-state index contributed by atoms with van der Waals surface area (Å²) in [4.78, 5) is 0. The Bertz CT molecular complexity index is 255. The highest BCUT2D eigenvalue weighted by molar-refractivity contribution is 9.10. The third kappa shape index (κ3) is 3.12. The Morgan fingerprint density at radius 2 is 2.27 bits per heavy atom. The Morgan fingerprint density at radius 1 is 1.45 bits per heavy atom. The molecule has 0 unspecified atom stereocenters. The third-order valence-corrected chi connectivity index (χ3v) is 1.97. The Hall–Kier alpha value is -0.210. The first-order chi connectivity index (χ1) is 5.33. The van der Waals surface area contributed by atoms with E-state index in [2.05, 4.69) is 46.8 Å². The quantitative estimate of drug-likeness (QED) is 0.738. The van der Waals surface area contributed by atoms with Crippen LogP contribution in [0.15, 0.2) is 34.8 Å². The van der Waals surface area contributed by atoms with Crippen molar-refractivity contribution in [3.05, 3.63) is 40.4 Å². The van der Waals surface area contributed by atoms with E-state index < -0.39 is 0 Å². The summed E-state index contributed by atoms with van der Waals surface area (Å²) in [5.74, 6) is 0.784. The van der Waals surface area contributed by atoms with Gasteiger partial charge in [0.2, 0.25) is 0 Å². The molecule has 0 aliphatic heterocycles. The molecule has 0 radical (unpaired) electrons. The highest BCUT2D eigenvalue weighted by Gasteiger charge is 1.86. The predicted octanol–water partition coefficient (Wildman–Crippen LogP) is 3.39. The van der Waals surface area contributed by atoms with Crippen molar-refractivity contribution >= 4 is 34.6 Å². The average molecular weight is 229 g/mol. The highest BCUT2D eigenvalue weighted by Crippen LogP contribution is 2.12. The summed E-state index contributed by atoms with van der Waals surface area (Å²) in [5.41, 5.74) is 1.20. The van der Waals surface area contributed by atoms with Gasteiger partial charge >= 0.3 is 0 Å². The number of rotatable bonds is 2. The van der Waals surface area contributed by atoms with Gasteiger partial charge in [0.15, 0.2) is 0 Å². The van der Waals surface area contributed by atoms with Crippen molar-refractivity contribution in [2.75, 3.05) is 5.75 Å². The van der Waals surface area contributed by atoms with Crippen molar-refractivity contribution in [3.8, 4) is 0 Å². The first-order valence-electron chi connectivity index (χ1n) is 3.36. The summed E-state index contributed by atoms with van der Waals surface area (Å²) in [5, 5.41) is 0. The molecule has 0 amide bonds. The van der Waals surface area contributed by atoms with Gasteiger partial charge in [0.1, 0.15) is 0 Å². The molecule has 2 heteroatoms. The first-order valence-corrected chi connectivity index (χ1v) is 4.78. The molecule has 0 N–H and O–H groups in total. The van der Waals surface area contributed by atoms with Gasteiger partial charge in [0, 0.05) is 10.2 Å². The van der Waals surface area contributed by atoms with Crippen molar-refractivity contribution in [2.45, 2.75) is 0 Å². The second-order valence-corrected chi connectivity index (χ2v) is 3.42. The molecule has 0 atom stereocenters. The van der Waals surface area contributed by atoms with Crippen LogP contribution >= 0.6 is 28.6 Å². The summed E-state index contributed by atoms with van der Waals surface area (Å²) < 4.78 is 1.11. The number of halogens is 1. The molecule has 11 heavy (non-hydrogen) atoms. The van der Waals surface area contributed by atoms with Gasteiger partial charge in [0.05, 0.1) is 0 Å². The van der Waals surface area contributed by atoms with Gasteiger partial charge in [0.25, 0.3) is 0 Å². The van der Waals surface area contributed by atoms with E-state index in [4.69, 9.17) is 0 Å². The van der Waals surface area contributed by atoms with E-state index in [0.717, 1.165) is 10.2 Å². The van der Waals surface area contributed by atoms with Gasteiger partial charge in [-0.25, -0.2) is 0 Å². The molecule has 0 aliphatic carbocycles. The molecule has 0 saturated heterocycles. The monoisotopic (exact) mass is 228 g/mol. The van der Waals surface area contributed by atoms with E-state index in [0.29, 0.717) is 0 Å². The van der Waals surface area contributed by atoms with Crippen molar-refractivity contribution in [1.29, 1.82) is 0 Å². The number of hydrogen-bond donors (Lipinski definition) is 1. The zero-order chi connectivity index (χ0) is 8.10. The van der Waals surface area contributed by atoms with Gasteiger partial charge in [-0.3, -0.25) is 0 Å². The smallest absolute Gasteiger partial charge is 0.0181 e. The fraction of sp³-hybridized carbons (Fsp3) is 0.111. The standard InChI is InChI=1S/C9H9BrS/c10-9-5-1-3-8(7-9)4-2-6-11/h1-5,7,11H,6H2. The van der Waals surface area contributed by atoms with Crippen LogP contribution in [0.4, 0.5) is 0 Å². The average Bonchev–Trinajstić information content (AvgIpc) is 2.01. The number of thiol groups is 1. The van der Waals surface area contributed by atoms with Crippen molar-refractivity contribution in [3.63, 3.8) is 0 Å². The van der Waals surface area contributed by atoms with Gasteiger partial charge in [-0.2, -0.15) is 12.6 Å². The van der Waals surface area contributed by atoms with Crippen LogP contribution in [0, 0.1) is 0 Å². The minimum absolute atomic E-state index is 0.784. The number of benzene rings is 1. The minimum atomic E-state index is 0.784. The zero-order valence-electron chi connectivity index (χ0n) is 6.00. The lowest BCUT2D eigenvalue weighted by Crippen LogP contribution is -1.71. The molecule has 0 saturated carbocycles. The molecule has 0 aliphatic rings. The van der Waals surface area contributed by atoms with E-state index in [1.54, 1.807) is 0 Å². The molecular weight excluding hydrogens is 220 g/mol. The SMILES string of the molecule is SCC=Cc1cccc(Br)c1. The van der Waals surface area contributed by atoms with E-state index in [1.165, 1.54) is 5.56 Å². The summed E-state index contributed by atoms with van der Waals surface area (Å²) in [6, 6.07) is 8.16. The zero-order valence-corrected chi connectivity index (χ0v) is 8.48. The van der Waals surface area contributed by atoms with Crippen LogP contribution in [0.1, 0.15) is 5.56 Å². The second kappa shape index (κ2) is 4.62. The maximum atomic E-state index is 4.08. The molecule has 0 fully saturated rings. The second-order valence-electron chi connectivity index (χ2n) is 2.14. The van der Waals surface area contributed by atoms with Crippen molar-refractivity contribution in [1.82, 2.24) is 0 Å². The summed E-state index contributed by atoms with van der Waals surface area (Å²) in [6.07, 6.45) is 4.07. The molecule has 58 valence electrons. The van der Waals surface area contributed by atoms with Crippen LogP contribution in [-0.4, -0.2) is 5.75 Å². The fourth-order valence-corrected chi connectivity index (χ4v) is 1.32. The van der Waals surface area contributed by atoms with Crippen LogP contribution in [0.25, 0.3) is 6.08 Å². The van der Waals surface area contributed by atoms with Gasteiger partial charge in [-0.1, -0.05) is 40.2 Å². The van der Waals surface area contributed by atoms with Crippen molar-refractivity contribution in [2.24, 2.45) is 0 Å². The Labute approximate surface area is 80.9 Å². The van der Waals surface area contributed by atoms with Gasteiger partial charge < -0.3 is 0 Å². The van der Waals surface area contributed by atoms with Crippen LogP contribution in [0.5, 0.6) is 0 Å². The maximum absolute atomic E-state index is 4.08. The Morgan fingerprint density at radius 3 is 2.91 bits per heavy atom. The third-order valence-electron chi connectivity index (χ3n) is 1.26. The highest BCUT2D eigenvalue weighted by atomic mass is 79.9. The fourth-order valence-electron chi connectivity index (χ4n) is 0.799. The Kier molecular flexibility index (Phi) is 3.73. The lowest BCUT2D eigenvalue weighted by Gasteiger charge is -1.92.